The maximum atomic E-state index is 12.8. The number of fused-ring (bicyclic) bond motifs is 1. The minimum Gasteiger partial charge on any atom is -0.504 e. The molecule has 3 rings (SSSR count). The van der Waals surface area contributed by atoms with Crippen molar-refractivity contribution in [1.29, 1.82) is 0 Å². The fraction of sp³-hybridized carbons (Fsp3) is 0.211. The van der Waals surface area contributed by atoms with Gasteiger partial charge in [-0.15, -0.1) is 0 Å². The Morgan fingerprint density at radius 1 is 0.846 bits per heavy atom. The first kappa shape index (κ1) is 17.5. The summed E-state index contributed by atoms with van der Waals surface area (Å²) in [6.07, 6.45) is 0. The van der Waals surface area contributed by atoms with E-state index in [4.69, 9.17) is 23.4 Å². The molecule has 0 unspecified atom stereocenters. The van der Waals surface area contributed by atoms with Crippen LogP contribution in [0.4, 0.5) is 0 Å². The Morgan fingerprint density at radius 3 is 2.15 bits per heavy atom. The van der Waals surface area contributed by atoms with Crippen molar-refractivity contribution < 1.29 is 28.5 Å². The zero-order valence-corrected chi connectivity index (χ0v) is 14.8. The largest absolute Gasteiger partial charge is 0.504 e. The van der Waals surface area contributed by atoms with Crippen LogP contribution in [0.25, 0.3) is 22.3 Å². The molecule has 7 heteroatoms. The maximum Gasteiger partial charge on any atom is 0.235 e. The number of phenols is 1. The summed E-state index contributed by atoms with van der Waals surface area (Å²) in [5.41, 5.74) is 0.428. The molecule has 0 atom stereocenters. The first-order valence-electron chi connectivity index (χ1n) is 7.68. The lowest BCUT2D eigenvalue weighted by Crippen LogP contribution is -2.08. The summed E-state index contributed by atoms with van der Waals surface area (Å²) >= 11 is 0. The van der Waals surface area contributed by atoms with Gasteiger partial charge in [0.1, 0.15) is 5.58 Å². The number of aromatic hydroxyl groups is 1. The van der Waals surface area contributed by atoms with E-state index >= 15 is 0 Å². The van der Waals surface area contributed by atoms with Crippen molar-refractivity contribution in [3.05, 3.63) is 40.6 Å². The topological polar surface area (TPSA) is 87.4 Å². The molecule has 0 fully saturated rings. The fourth-order valence-corrected chi connectivity index (χ4v) is 2.71. The predicted octanol–water partition coefficient (Wildman–Crippen LogP) is 3.20. The van der Waals surface area contributed by atoms with Crippen molar-refractivity contribution in [2.24, 2.45) is 0 Å². The molecule has 0 bridgehead atoms. The van der Waals surface area contributed by atoms with Crippen LogP contribution in [0.1, 0.15) is 0 Å². The number of hydrogen-bond donors (Lipinski definition) is 1. The van der Waals surface area contributed by atoms with E-state index < -0.39 is 5.43 Å². The second-order valence-electron chi connectivity index (χ2n) is 5.38. The molecular formula is C19H18O7. The van der Waals surface area contributed by atoms with E-state index in [0.717, 1.165) is 0 Å². The summed E-state index contributed by atoms with van der Waals surface area (Å²) in [5.74, 6) is 1.33. The van der Waals surface area contributed by atoms with Crippen LogP contribution in [0.3, 0.4) is 0 Å². The molecule has 0 spiro atoms. The van der Waals surface area contributed by atoms with E-state index in [9.17, 15) is 9.90 Å². The lowest BCUT2D eigenvalue weighted by molar-refractivity contribution is 0.355. The van der Waals surface area contributed by atoms with Crippen LogP contribution in [-0.2, 0) is 0 Å². The van der Waals surface area contributed by atoms with Crippen LogP contribution in [-0.4, -0.2) is 33.5 Å². The normalized spacial score (nSPS) is 10.6. The van der Waals surface area contributed by atoms with Crippen molar-refractivity contribution in [2.45, 2.75) is 0 Å². The third-order valence-corrected chi connectivity index (χ3v) is 4.00. The second kappa shape index (κ2) is 6.87. The average molecular weight is 358 g/mol. The van der Waals surface area contributed by atoms with Gasteiger partial charge in [0.05, 0.1) is 33.8 Å². The zero-order valence-electron chi connectivity index (χ0n) is 14.8. The zero-order chi connectivity index (χ0) is 18.8. The van der Waals surface area contributed by atoms with Gasteiger partial charge in [-0.2, -0.15) is 0 Å². The highest BCUT2D eigenvalue weighted by Crippen LogP contribution is 2.38. The number of phenolic OH excluding ortho intramolecular Hbond substituents is 1. The van der Waals surface area contributed by atoms with Gasteiger partial charge in [0.25, 0.3) is 0 Å². The smallest absolute Gasteiger partial charge is 0.235 e. The van der Waals surface area contributed by atoms with Gasteiger partial charge >= 0.3 is 0 Å². The molecule has 0 radical (unpaired) electrons. The van der Waals surface area contributed by atoms with Crippen molar-refractivity contribution in [1.82, 2.24) is 0 Å². The summed E-state index contributed by atoms with van der Waals surface area (Å²) in [7, 11) is 5.85. The molecule has 0 amide bonds. The third kappa shape index (κ3) is 2.77. The Labute approximate surface area is 149 Å². The minimum atomic E-state index is -0.406. The van der Waals surface area contributed by atoms with E-state index in [-0.39, 0.29) is 34.0 Å². The molecular weight excluding hydrogens is 340 g/mol. The van der Waals surface area contributed by atoms with Gasteiger partial charge < -0.3 is 28.5 Å². The van der Waals surface area contributed by atoms with Gasteiger partial charge in [-0.1, -0.05) is 0 Å². The Balaban J connectivity index is 2.32. The molecule has 7 nitrogen and oxygen atoms in total. The van der Waals surface area contributed by atoms with Crippen LogP contribution < -0.4 is 24.4 Å². The van der Waals surface area contributed by atoms with E-state index in [1.807, 2.05) is 0 Å². The second-order valence-corrected chi connectivity index (χ2v) is 5.38. The van der Waals surface area contributed by atoms with Crippen LogP contribution >= 0.6 is 0 Å². The summed E-state index contributed by atoms with van der Waals surface area (Å²) < 4.78 is 26.8. The highest BCUT2D eigenvalue weighted by Gasteiger charge is 2.20. The van der Waals surface area contributed by atoms with E-state index in [2.05, 4.69) is 0 Å². The first-order chi connectivity index (χ1) is 12.5. The van der Waals surface area contributed by atoms with Crippen LogP contribution in [0, 0.1) is 0 Å². The first-order valence-corrected chi connectivity index (χ1v) is 7.68. The molecule has 0 aliphatic heterocycles. The number of methoxy groups -OCH3 is 4. The van der Waals surface area contributed by atoms with Gasteiger partial charge in [0.15, 0.2) is 28.8 Å². The molecule has 0 saturated heterocycles. The highest BCUT2D eigenvalue weighted by atomic mass is 16.5. The van der Waals surface area contributed by atoms with E-state index in [1.165, 1.54) is 40.6 Å². The summed E-state index contributed by atoms with van der Waals surface area (Å²) in [6.45, 7) is 0. The quantitative estimate of drug-likeness (QED) is 0.749. The highest BCUT2D eigenvalue weighted by molar-refractivity contribution is 5.85. The molecule has 0 aliphatic carbocycles. The predicted molar refractivity (Wildman–Crippen MR) is 95.8 cm³/mol. The maximum absolute atomic E-state index is 12.8. The van der Waals surface area contributed by atoms with Crippen molar-refractivity contribution in [3.8, 4) is 40.1 Å². The minimum absolute atomic E-state index is 0.0225. The standard InChI is InChI=1S/C19H18O7/c1-22-13-6-5-10(7-16(13)24-3)18-19(25-4)17(21)11-8-12(20)15(23-2)9-14(11)26-18/h5-9,20H,1-4H3. The van der Waals surface area contributed by atoms with Crippen molar-refractivity contribution >= 4 is 11.0 Å². The number of benzene rings is 2. The SMILES string of the molecule is COc1cc2oc(-c3ccc(OC)c(OC)c3)c(OC)c(=O)c2cc1O. The summed E-state index contributed by atoms with van der Waals surface area (Å²) in [5, 5.41) is 10.1. The van der Waals surface area contributed by atoms with Crippen LogP contribution in [0.15, 0.2) is 39.5 Å². The van der Waals surface area contributed by atoms with Crippen molar-refractivity contribution in [3.63, 3.8) is 0 Å². The van der Waals surface area contributed by atoms with Crippen LogP contribution in [0.5, 0.6) is 28.7 Å². The molecule has 1 aromatic heterocycles. The molecule has 0 saturated carbocycles. The van der Waals surface area contributed by atoms with Gasteiger partial charge in [-0.05, 0) is 24.3 Å². The van der Waals surface area contributed by atoms with E-state index in [1.54, 1.807) is 18.2 Å². The fourth-order valence-electron chi connectivity index (χ4n) is 2.71. The Morgan fingerprint density at radius 2 is 1.54 bits per heavy atom. The average Bonchev–Trinajstić information content (AvgIpc) is 2.67. The van der Waals surface area contributed by atoms with Crippen LogP contribution in [0.2, 0.25) is 0 Å². The monoisotopic (exact) mass is 358 g/mol. The molecule has 1 heterocycles. The van der Waals surface area contributed by atoms with E-state index in [0.29, 0.717) is 17.1 Å². The summed E-state index contributed by atoms with van der Waals surface area (Å²) in [4.78, 5) is 12.8. The number of rotatable bonds is 5. The third-order valence-electron chi connectivity index (χ3n) is 4.00. The van der Waals surface area contributed by atoms with Gasteiger partial charge in [0.2, 0.25) is 11.2 Å². The number of hydrogen-bond acceptors (Lipinski definition) is 7. The molecule has 136 valence electrons. The molecule has 3 aromatic rings. The molecule has 0 aliphatic rings. The molecule has 1 N–H and O–H groups in total. The summed E-state index contributed by atoms with van der Waals surface area (Å²) in [6, 6.07) is 7.86. The van der Waals surface area contributed by atoms with Crippen molar-refractivity contribution in [2.75, 3.05) is 28.4 Å². The molecule has 26 heavy (non-hydrogen) atoms. The van der Waals surface area contributed by atoms with Gasteiger partial charge in [0, 0.05) is 11.6 Å². The Hall–Kier alpha value is -3.35. The Bertz CT molecular complexity index is 1020. The lowest BCUT2D eigenvalue weighted by Gasteiger charge is -2.12. The molecule has 2 aromatic carbocycles. The Kier molecular flexibility index (Phi) is 4.62. The van der Waals surface area contributed by atoms with Gasteiger partial charge in [-0.25, -0.2) is 0 Å². The van der Waals surface area contributed by atoms with Gasteiger partial charge in [-0.3, -0.25) is 4.79 Å². The lowest BCUT2D eigenvalue weighted by atomic mass is 10.1. The number of ether oxygens (including phenoxy) is 4.